The van der Waals surface area contributed by atoms with Gasteiger partial charge in [-0.15, -0.1) is 0 Å². The van der Waals surface area contributed by atoms with Crippen LogP contribution in [0.5, 0.6) is 0 Å². The molecule has 0 bridgehead atoms. The average Bonchev–Trinajstić information content (AvgIpc) is 2.99. The highest BCUT2D eigenvalue weighted by Crippen LogP contribution is 2.23. The predicted octanol–water partition coefficient (Wildman–Crippen LogP) is 0.840. The maximum Gasteiger partial charge on any atom is 0.223 e. The molecule has 1 aliphatic rings. The summed E-state index contributed by atoms with van der Waals surface area (Å²) >= 11 is 0. The molecule has 0 aliphatic carbocycles. The minimum absolute atomic E-state index is 0.0717. The first-order chi connectivity index (χ1) is 10.6. The molecule has 2 aromatic rings. The van der Waals surface area contributed by atoms with E-state index in [1.807, 2.05) is 30.3 Å². The van der Waals surface area contributed by atoms with Crippen molar-refractivity contribution >= 4 is 5.91 Å². The Balaban J connectivity index is 1.53. The van der Waals surface area contributed by atoms with Gasteiger partial charge in [0.1, 0.15) is 5.60 Å². The van der Waals surface area contributed by atoms with Crippen LogP contribution < -0.4 is 0 Å². The number of aromatic nitrogens is 1. The van der Waals surface area contributed by atoms with Crippen LogP contribution in [0.4, 0.5) is 0 Å². The summed E-state index contributed by atoms with van der Waals surface area (Å²) in [7, 11) is 0. The molecule has 2 heterocycles. The first kappa shape index (κ1) is 14.7. The highest BCUT2D eigenvalue weighted by atomic mass is 16.4. The van der Waals surface area contributed by atoms with Gasteiger partial charge in [-0.25, -0.2) is 4.98 Å². The molecule has 1 aliphatic heterocycles. The first-order valence-electron chi connectivity index (χ1n) is 7.21. The lowest BCUT2D eigenvalue weighted by Gasteiger charge is -2.45. The topological polar surface area (TPSA) is 86.8 Å². The molecule has 3 rings (SSSR count). The summed E-state index contributed by atoms with van der Waals surface area (Å²) in [4.78, 5) is 17.7. The van der Waals surface area contributed by atoms with Crippen molar-refractivity contribution in [3.8, 4) is 11.3 Å². The molecule has 1 fully saturated rings. The number of amides is 1. The number of hydrogen-bond donors (Lipinski definition) is 2. The Morgan fingerprint density at radius 3 is 2.73 bits per heavy atom. The van der Waals surface area contributed by atoms with E-state index in [1.165, 1.54) is 4.90 Å². The second-order valence-corrected chi connectivity index (χ2v) is 5.62. The van der Waals surface area contributed by atoms with Crippen LogP contribution in [0.2, 0.25) is 0 Å². The number of carbonyl (C=O) groups excluding carboxylic acids is 1. The molecule has 0 radical (unpaired) electrons. The number of nitrogens with zero attached hydrogens (tertiary/aromatic N) is 2. The van der Waals surface area contributed by atoms with Crippen molar-refractivity contribution in [1.82, 2.24) is 9.88 Å². The van der Waals surface area contributed by atoms with Crippen LogP contribution in [0.3, 0.4) is 0 Å². The van der Waals surface area contributed by atoms with Gasteiger partial charge in [0, 0.05) is 18.4 Å². The van der Waals surface area contributed by atoms with E-state index in [4.69, 9.17) is 9.52 Å². The largest absolute Gasteiger partial charge is 0.441 e. The summed E-state index contributed by atoms with van der Waals surface area (Å²) in [5.41, 5.74) is -0.178. The Kier molecular flexibility index (Phi) is 3.96. The summed E-state index contributed by atoms with van der Waals surface area (Å²) in [5.74, 6) is 1.13. The summed E-state index contributed by atoms with van der Waals surface area (Å²) in [6.45, 7) is 0.0450. The maximum absolute atomic E-state index is 11.9. The molecule has 1 amide bonds. The summed E-state index contributed by atoms with van der Waals surface area (Å²) in [6, 6.07) is 9.65. The van der Waals surface area contributed by atoms with Gasteiger partial charge in [-0.2, -0.15) is 0 Å². The van der Waals surface area contributed by atoms with Crippen molar-refractivity contribution in [3.63, 3.8) is 0 Å². The van der Waals surface area contributed by atoms with Crippen LogP contribution in [0.25, 0.3) is 11.3 Å². The van der Waals surface area contributed by atoms with Gasteiger partial charge in [0.05, 0.1) is 25.9 Å². The van der Waals surface area contributed by atoms with Crippen LogP contribution in [0.15, 0.2) is 40.9 Å². The second kappa shape index (κ2) is 5.90. The third-order valence-electron chi connectivity index (χ3n) is 3.78. The number of rotatable bonds is 5. The minimum atomic E-state index is -1.13. The number of likely N-dealkylation sites (tertiary alicyclic amines) is 1. The number of aliphatic hydroxyl groups is 2. The number of aryl methyl sites for hydroxylation is 1. The fourth-order valence-electron chi connectivity index (χ4n) is 2.47. The smallest absolute Gasteiger partial charge is 0.223 e. The van der Waals surface area contributed by atoms with E-state index >= 15 is 0 Å². The molecule has 0 spiro atoms. The summed E-state index contributed by atoms with van der Waals surface area (Å²) in [6.07, 6.45) is 2.35. The number of benzene rings is 1. The second-order valence-electron chi connectivity index (χ2n) is 5.62. The van der Waals surface area contributed by atoms with Gasteiger partial charge in [0.2, 0.25) is 5.91 Å². The van der Waals surface area contributed by atoms with Crippen molar-refractivity contribution in [1.29, 1.82) is 0 Å². The SMILES string of the molecule is O=C(CCc1ncc(-c2ccccc2)o1)N1CC(O)(CO)C1. The predicted molar refractivity (Wildman–Crippen MR) is 78.9 cm³/mol. The van der Waals surface area contributed by atoms with Gasteiger partial charge in [0.15, 0.2) is 11.7 Å². The van der Waals surface area contributed by atoms with E-state index < -0.39 is 5.60 Å². The molecule has 0 saturated carbocycles. The van der Waals surface area contributed by atoms with E-state index in [0.29, 0.717) is 18.1 Å². The van der Waals surface area contributed by atoms with Crippen molar-refractivity contribution in [2.45, 2.75) is 18.4 Å². The van der Waals surface area contributed by atoms with E-state index in [0.717, 1.165) is 5.56 Å². The number of oxazole rings is 1. The van der Waals surface area contributed by atoms with Crippen LogP contribution in [0.1, 0.15) is 12.3 Å². The van der Waals surface area contributed by atoms with Crippen molar-refractivity contribution in [2.75, 3.05) is 19.7 Å². The monoisotopic (exact) mass is 302 g/mol. The minimum Gasteiger partial charge on any atom is -0.441 e. The summed E-state index contributed by atoms with van der Waals surface area (Å²) in [5, 5.41) is 18.6. The number of aliphatic hydroxyl groups excluding tert-OH is 1. The van der Waals surface area contributed by atoms with Crippen molar-refractivity contribution < 1.29 is 19.4 Å². The van der Waals surface area contributed by atoms with Crippen LogP contribution in [-0.2, 0) is 11.2 Å². The van der Waals surface area contributed by atoms with Gasteiger partial charge < -0.3 is 19.5 Å². The van der Waals surface area contributed by atoms with Gasteiger partial charge in [0.25, 0.3) is 0 Å². The Morgan fingerprint density at radius 1 is 1.32 bits per heavy atom. The van der Waals surface area contributed by atoms with E-state index in [-0.39, 0.29) is 32.0 Å². The van der Waals surface area contributed by atoms with E-state index in [2.05, 4.69) is 4.98 Å². The maximum atomic E-state index is 11.9. The normalized spacial score (nSPS) is 16.4. The highest BCUT2D eigenvalue weighted by Gasteiger charge is 2.42. The summed E-state index contributed by atoms with van der Waals surface area (Å²) < 4.78 is 5.64. The first-order valence-corrected chi connectivity index (χ1v) is 7.21. The van der Waals surface area contributed by atoms with Crippen LogP contribution in [-0.4, -0.2) is 51.3 Å². The molecule has 22 heavy (non-hydrogen) atoms. The molecule has 116 valence electrons. The molecule has 0 atom stereocenters. The Bertz CT molecular complexity index is 647. The molecule has 0 unspecified atom stereocenters. The van der Waals surface area contributed by atoms with Gasteiger partial charge in [-0.05, 0) is 0 Å². The van der Waals surface area contributed by atoms with Crippen molar-refractivity contribution in [3.05, 3.63) is 42.4 Å². The van der Waals surface area contributed by atoms with Crippen molar-refractivity contribution in [2.24, 2.45) is 0 Å². The zero-order chi connectivity index (χ0) is 15.6. The Morgan fingerprint density at radius 2 is 2.05 bits per heavy atom. The van der Waals surface area contributed by atoms with Crippen LogP contribution in [0, 0.1) is 0 Å². The van der Waals surface area contributed by atoms with Gasteiger partial charge >= 0.3 is 0 Å². The standard InChI is InChI=1S/C16H18N2O4/c19-11-16(21)9-18(10-16)15(20)7-6-14-17-8-13(22-14)12-4-2-1-3-5-12/h1-5,8,19,21H,6-7,9-11H2. The van der Waals surface area contributed by atoms with Gasteiger partial charge in [-0.3, -0.25) is 4.79 Å². The molecule has 1 saturated heterocycles. The third kappa shape index (κ3) is 3.03. The molecule has 6 nitrogen and oxygen atoms in total. The fourth-order valence-corrected chi connectivity index (χ4v) is 2.47. The van der Waals surface area contributed by atoms with Gasteiger partial charge in [-0.1, -0.05) is 30.3 Å². The average molecular weight is 302 g/mol. The lowest BCUT2D eigenvalue weighted by atomic mass is 9.95. The quantitative estimate of drug-likeness (QED) is 0.854. The van der Waals surface area contributed by atoms with E-state index in [9.17, 15) is 9.90 Å². The molecule has 1 aromatic carbocycles. The molecule has 1 aromatic heterocycles. The Hall–Kier alpha value is -2.18. The lowest BCUT2D eigenvalue weighted by molar-refractivity contribution is -0.162. The molecule has 6 heteroatoms. The third-order valence-corrected chi connectivity index (χ3v) is 3.78. The zero-order valence-corrected chi connectivity index (χ0v) is 12.1. The molecular formula is C16H18N2O4. The number of carbonyl (C=O) groups is 1. The van der Waals surface area contributed by atoms with E-state index in [1.54, 1.807) is 6.20 Å². The Labute approximate surface area is 128 Å². The number of hydrogen-bond acceptors (Lipinski definition) is 5. The number of β-amino-alcohol motifs (C(OH)–C–C–N with tert-alkyl or cyclic N) is 1. The van der Waals surface area contributed by atoms with Crippen LogP contribution >= 0.6 is 0 Å². The highest BCUT2D eigenvalue weighted by molar-refractivity contribution is 5.77. The molecule has 2 N–H and O–H groups in total. The zero-order valence-electron chi connectivity index (χ0n) is 12.1. The fraction of sp³-hybridized carbons (Fsp3) is 0.375. The lowest BCUT2D eigenvalue weighted by Crippen LogP contribution is -2.65. The molecular weight excluding hydrogens is 284 g/mol.